The zero-order valence-electron chi connectivity index (χ0n) is 25.7. The normalized spacial score (nSPS) is 15.2. The zero-order chi connectivity index (χ0) is 31.6. The Morgan fingerprint density at radius 3 is 2.41 bits per heavy atom. The molecule has 13 heteroatoms. The maximum absolute atomic E-state index is 11.5. The van der Waals surface area contributed by atoms with Gasteiger partial charge in [0.1, 0.15) is 10.1 Å². The standard InChI is InChI=1S/C33H32N2O6S4.Na/c1-3-22(20-30-34(18-9-19-45(37,38)39)32-25-12-7-5-10-23(25)14-16-27(32)42-30)21-31-35(29(4-2)44-41-40-36)33-26-13-8-6-11-24(26)15-17-28(33)43-31;/h5-8,10-17,20-21,29H,3-4,9,18-19H2,1-2H3,(H-,36,37,38,39);/q;+1/p-1. The Morgan fingerprint density at radius 1 is 1.02 bits per heavy atom. The molecule has 0 saturated heterocycles. The number of hydrogen-bond acceptors (Lipinski definition) is 10. The smallest absolute Gasteiger partial charge is 0.748 e. The molecule has 46 heavy (non-hydrogen) atoms. The summed E-state index contributed by atoms with van der Waals surface area (Å²) in [6.45, 7) is 4.54. The monoisotopic (exact) mass is 702 g/mol. The minimum Gasteiger partial charge on any atom is -0.748 e. The second-order valence-corrected chi connectivity index (χ2v) is 15.1. The number of allylic oxidation sites excluding steroid dienone is 2. The first-order valence-electron chi connectivity index (χ1n) is 14.6. The van der Waals surface area contributed by atoms with Gasteiger partial charge >= 0.3 is 29.6 Å². The fourth-order valence-electron chi connectivity index (χ4n) is 5.74. The Hall–Kier alpha value is -1.94. The fraction of sp³-hybridized carbons (Fsp3) is 0.242. The second kappa shape index (κ2) is 15.5. The predicted molar refractivity (Wildman–Crippen MR) is 181 cm³/mol. The summed E-state index contributed by atoms with van der Waals surface area (Å²) in [6.07, 6.45) is 5.98. The van der Waals surface area contributed by atoms with Gasteiger partial charge < -0.3 is 14.7 Å². The van der Waals surface area contributed by atoms with Crippen LogP contribution in [0.4, 0.5) is 5.69 Å². The van der Waals surface area contributed by atoms with Crippen molar-refractivity contribution >= 4 is 88.8 Å². The molecule has 5 aromatic rings. The second-order valence-electron chi connectivity index (χ2n) is 10.6. The molecule has 0 fully saturated rings. The molecule has 1 aliphatic rings. The molecule has 0 saturated carbocycles. The van der Waals surface area contributed by atoms with E-state index in [0.717, 1.165) is 76.4 Å². The van der Waals surface area contributed by atoms with Crippen molar-refractivity contribution in [2.24, 2.45) is 0 Å². The number of aromatic nitrogens is 1. The van der Waals surface area contributed by atoms with Crippen molar-refractivity contribution in [3.8, 4) is 0 Å². The van der Waals surface area contributed by atoms with E-state index in [1.54, 1.807) is 23.1 Å². The first kappa shape index (κ1) is 35.4. The van der Waals surface area contributed by atoms with E-state index >= 15 is 0 Å². The Morgan fingerprint density at radius 2 is 1.72 bits per heavy atom. The summed E-state index contributed by atoms with van der Waals surface area (Å²) in [7, 11) is -4.33. The number of nitrogens with zero attached hydrogens (tertiary/aromatic N) is 2. The molecule has 8 nitrogen and oxygen atoms in total. The molecule has 1 aromatic heterocycles. The summed E-state index contributed by atoms with van der Waals surface area (Å²) < 4.78 is 42.5. The SMILES string of the molecule is CCC(=Cc1sc2ccc3ccccc3c2[n+]1CCCS(=O)(=O)[O-])C=C1Sc2ccc3ccccc3c2N1C(CC)SOO[O-].[Na+]. The maximum Gasteiger partial charge on any atom is 1.00 e. The number of thiazole rings is 1. The average Bonchev–Trinajstić information content (AvgIpc) is 3.58. The van der Waals surface area contributed by atoms with Gasteiger partial charge in [-0.3, -0.25) is 5.04 Å². The third-order valence-corrected chi connectivity index (χ3v) is 11.6. The molecule has 6 rings (SSSR count). The van der Waals surface area contributed by atoms with Crippen molar-refractivity contribution in [1.29, 1.82) is 0 Å². The van der Waals surface area contributed by atoms with E-state index in [-0.39, 0.29) is 41.4 Å². The van der Waals surface area contributed by atoms with Gasteiger partial charge in [0.25, 0.3) is 5.01 Å². The van der Waals surface area contributed by atoms with Crippen LogP contribution in [0.2, 0.25) is 0 Å². The van der Waals surface area contributed by atoms with Crippen molar-refractivity contribution < 1.29 is 61.7 Å². The van der Waals surface area contributed by atoms with Gasteiger partial charge in [-0.2, -0.15) is 8.90 Å². The average molecular weight is 703 g/mol. The summed E-state index contributed by atoms with van der Waals surface area (Å²) in [4.78, 5) is 3.33. The Balaban J connectivity index is 0.00000417. The molecule has 1 unspecified atom stereocenters. The minimum absolute atomic E-state index is 0. The largest absolute Gasteiger partial charge is 1.00 e. The van der Waals surface area contributed by atoms with Crippen LogP contribution < -0.4 is 44.3 Å². The van der Waals surface area contributed by atoms with E-state index in [4.69, 9.17) is 4.33 Å². The van der Waals surface area contributed by atoms with Crippen LogP contribution in [-0.4, -0.2) is 24.1 Å². The quantitative estimate of drug-likeness (QED) is 0.0471. The van der Waals surface area contributed by atoms with E-state index in [1.165, 1.54) is 0 Å². The van der Waals surface area contributed by atoms with Crippen molar-refractivity contribution in [2.75, 3.05) is 10.7 Å². The molecule has 0 bridgehead atoms. The molecule has 0 aliphatic carbocycles. The van der Waals surface area contributed by atoms with Crippen LogP contribution >= 0.6 is 35.1 Å². The molecular formula is C33H31N2NaO6S4. The number of benzene rings is 4. The molecule has 0 N–H and O–H groups in total. The van der Waals surface area contributed by atoms with Gasteiger partial charge in [-0.1, -0.05) is 91.5 Å². The van der Waals surface area contributed by atoms with Crippen LogP contribution in [0.5, 0.6) is 0 Å². The van der Waals surface area contributed by atoms with E-state index in [9.17, 15) is 18.2 Å². The molecule has 0 radical (unpaired) electrons. The van der Waals surface area contributed by atoms with Gasteiger partial charge in [0.15, 0.2) is 6.54 Å². The Kier molecular flexibility index (Phi) is 11.9. The Bertz CT molecular complexity index is 2050. The van der Waals surface area contributed by atoms with Gasteiger partial charge in [-0.25, -0.2) is 8.42 Å². The van der Waals surface area contributed by atoms with E-state index < -0.39 is 15.9 Å². The van der Waals surface area contributed by atoms with E-state index in [0.29, 0.717) is 13.0 Å². The third-order valence-electron chi connectivity index (χ3n) is 7.79. The summed E-state index contributed by atoms with van der Waals surface area (Å²) in [5.41, 5.74) is 3.17. The van der Waals surface area contributed by atoms with Crippen LogP contribution in [0, 0.1) is 0 Å². The summed E-state index contributed by atoms with van der Waals surface area (Å²) >= 11 is 4.31. The first-order chi connectivity index (χ1) is 21.8. The van der Waals surface area contributed by atoms with Gasteiger partial charge in [0.05, 0.1) is 38.3 Å². The summed E-state index contributed by atoms with van der Waals surface area (Å²) in [5, 5.41) is 20.7. The van der Waals surface area contributed by atoms with Gasteiger partial charge in [0.2, 0.25) is 5.52 Å². The third kappa shape index (κ3) is 7.53. The number of fused-ring (bicyclic) bond motifs is 6. The number of anilines is 1. The van der Waals surface area contributed by atoms with Crippen LogP contribution in [0.1, 0.15) is 38.1 Å². The topological polar surface area (TPSA) is 106 Å². The molecule has 234 valence electrons. The number of rotatable bonds is 12. The van der Waals surface area contributed by atoms with Crippen molar-refractivity contribution in [3.63, 3.8) is 0 Å². The van der Waals surface area contributed by atoms with E-state index in [2.05, 4.69) is 82.1 Å². The molecular weight excluding hydrogens is 672 g/mol. The van der Waals surface area contributed by atoms with Crippen LogP contribution in [0.3, 0.4) is 0 Å². The number of thioether (sulfide) groups is 1. The van der Waals surface area contributed by atoms with Gasteiger partial charge in [-0.15, -0.1) is 0 Å². The van der Waals surface area contributed by atoms with Gasteiger partial charge in [-0.05, 0) is 53.5 Å². The number of aryl methyl sites for hydroxylation is 1. The first-order valence-corrected chi connectivity index (χ1v) is 18.6. The Labute approximate surface area is 303 Å². The molecule has 4 aromatic carbocycles. The zero-order valence-corrected chi connectivity index (χ0v) is 30.9. The fourth-order valence-corrected chi connectivity index (χ4v) is 9.23. The predicted octanol–water partition coefficient (Wildman–Crippen LogP) is 4.29. The van der Waals surface area contributed by atoms with Crippen molar-refractivity contribution in [2.45, 2.75) is 49.9 Å². The minimum atomic E-state index is -4.33. The van der Waals surface area contributed by atoms with Crippen molar-refractivity contribution in [1.82, 2.24) is 0 Å². The van der Waals surface area contributed by atoms with Crippen molar-refractivity contribution in [3.05, 3.63) is 94.5 Å². The number of hydrogen-bond donors (Lipinski definition) is 0. The van der Waals surface area contributed by atoms with Gasteiger partial charge in [0, 0.05) is 28.5 Å². The molecule has 1 atom stereocenters. The van der Waals surface area contributed by atoms with Crippen LogP contribution in [-0.2, 0) is 26.0 Å². The summed E-state index contributed by atoms with van der Waals surface area (Å²) in [5.74, 6) is -0.418. The van der Waals surface area contributed by atoms with Crippen LogP contribution in [0.25, 0.3) is 37.8 Å². The van der Waals surface area contributed by atoms with E-state index in [1.807, 2.05) is 31.2 Å². The molecule has 1 aliphatic heterocycles. The maximum atomic E-state index is 11.5. The molecule has 0 spiro atoms. The van der Waals surface area contributed by atoms with Crippen LogP contribution in [0.15, 0.2) is 94.4 Å². The summed E-state index contributed by atoms with van der Waals surface area (Å²) in [6, 6.07) is 24.8. The molecule has 0 amide bonds. The molecule has 2 heterocycles.